The first kappa shape index (κ1) is 15.5. The number of nitrogens with zero attached hydrogens (tertiary/aromatic N) is 1. The van der Waals surface area contributed by atoms with Gasteiger partial charge in [0.25, 0.3) is 5.91 Å². The molecule has 0 fully saturated rings. The lowest BCUT2D eigenvalue weighted by molar-refractivity contribution is 0.0724. The van der Waals surface area contributed by atoms with Gasteiger partial charge < -0.3 is 15.4 Å². The minimum atomic E-state index is -0.0664. The van der Waals surface area contributed by atoms with Crippen LogP contribution in [0.25, 0.3) is 10.1 Å². The summed E-state index contributed by atoms with van der Waals surface area (Å²) in [6, 6.07) is 6.03. The number of thiophene rings is 1. The molecule has 5 heteroatoms. The fraction of sp³-hybridized carbons (Fsp3) is 0.312. The van der Waals surface area contributed by atoms with Gasteiger partial charge in [0.1, 0.15) is 4.88 Å². The van der Waals surface area contributed by atoms with Crippen molar-refractivity contribution in [2.75, 3.05) is 32.5 Å². The molecule has 0 radical (unpaired) electrons. The third-order valence-corrected chi connectivity index (χ3v) is 4.44. The second-order valence-corrected chi connectivity index (χ2v) is 5.93. The van der Waals surface area contributed by atoms with Gasteiger partial charge in [0.15, 0.2) is 0 Å². The molecular formula is C16H20N2O2S. The van der Waals surface area contributed by atoms with E-state index in [9.17, 15) is 4.79 Å². The van der Waals surface area contributed by atoms with Crippen molar-refractivity contribution in [3.05, 3.63) is 41.3 Å². The fourth-order valence-electron chi connectivity index (χ4n) is 2.16. The minimum Gasteiger partial charge on any atom is -0.397 e. The summed E-state index contributed by atoms with van der Waals surface area (Å²) in [4.78, 5) is 15.0. The van der Waals surface area contributed by atoms with Crippen molar-refractivity contribution >= 4 is 33.0 Å². The molecule has 0 aliphatic rings. The van der Waals surface area contributed by atoms with Crippen LogP contribution in [0.3, 0.4) is 0 Å². The van der Waals surface area contributed by atoms with E-state index in [2.05, 4.69) is 12.6 Å². The van der Waals surface area contributed by atoms with Crippen LogP contribution in [0.5, 0.6) is 0 Å². The number of ether oxygens (including phenoxy) is 1. The zero-order valence-electron chi connectivity index (χ0n) is 12.4. The monoisotopic (exact) mass is 304 g/mol. The van der Waals surface area contributed by atoms with Crippen molar-refractivity contribution in [1.29, 1.82) is 0 Å². The lowest BCUT2D eigenvalue weighted by atomic mass is 10.1. The SMILES string of the molecule is C=CCN(CCOC)C(=O)c1sc2cc(C)ccc2c1N. The predicted octanol–water partition coefficient (Wildman–Crippen LogP) is 3.07. The minimum absolute atomic E-state index is 0.0664. The van der Waals surface area contributed by atoms with Crippen LogP contribution in [0.1, 0.15) is 15.2 Å². The molecule has 2 N–H and O–H groups in total. The summed E-state index contributed by atoms with van der Waals surface area (Å²) >= 11 is 1.44. The largest absolute Gasteiger partial charge is 0.397 e. The van der Waals surface area contributed by atoms with Crippen molar-refractivity contribution in [2.24, 2.45) is 0 Å². The van der Waals surface area contributed by atoms with E-state index in [-0.39, 0.29) is 5.91 Å². The van der Waals surface area contributed by atoms with Gasteiger partial charge in [-0.25, -0.2) is 0 Å². The van der Waals surface area contributed by atoms with Crippen LogP contribution in [-0.2, 0) is 4.74 Å². The molecule has 0 aliphatic heterocycles. The molecule has 1 amide bonds. The Morgan fingerprint density at radius 3 is 2.95 bits per heavy atom. The smallest absolute Gasteiger partial charge is 0.266 e. The predicted molar refractivity (Wildman–Crippen MR) is 89.0 cm³/mol. The maximum atomic E-state index is 12.7. The number of nitrogen functional groups attached to an aromatic ring is 1. The molecule has 1 aromatic carbocycles. The highest BCUT2D eigenvalue weighted by atomic mass is 32.1. The van der Waals surface area contributed by atoms with Gasteiger partial charge in [-0.3, -0.25) is 4.79 Å². The Morgan fingerprint density at radius 2 is 2.29 bits per heavy atom. The number of carbonyl (C=O) groups excluding carboxylic acids is 1. The molecule has 0 bridgehead atoms. The van der Waals surface area contributed by atoms with E-state index in [0.717, 1.165) is 15.6 Å². The first-order valence-corrected chi connectivity index (χ1v) is 7.58. The van der Waals surface area contributed by atoms with Crippen LogP contribution < -0.4 is 5.73 Å². The Morgan fingerprint density at radius 1 is 1.52 bits per heavy atom. The molecule has 4 nitrogen and oxygen atoms in total. The number of amides is 1. The summed E-state index contributed by atoms with van der Waals surface area (Å²) in [5.41, 5.74) is 7.88. The number of methoxy groups -OCH3 is 1. The molecular weight excluding hydrogens is 284 g/mol. The molecule has 0 spiro atoms. The molecule has 0 unspecified atom stereocenters. The van der Waals surface area contributed by atoms with Crippen LogP contribution in [0, 0.1) is 6.92 Å². The normalized spacial score (nSPS) is 10.8. The van der Waals surface area contributed by atoms with E-state index in [0.29, 0.717) is 30.3 Å². The third kappa shape index (κ3) is 3.25. The zero-order chi connectivity index (χ0) is 15.4. The average Bonchev–Trinajstić information content (AvgIpc) is 2.79. The van der Waals surface area contributed by atoms with Gasteiger partial charge in [0, 0.05) is 30.3 Å². The molecule has 0 aliphatic carbocycles. The van der Waals surface area contributed by atoms with Crippen LogP contribution in [-0.4, -0.2) is 37.6 Å². The molecule has 1 aromatic heterocycles. The Labute approximate surface area is 128 Å². The summed E-state index contributed by atoms with van der Waals surface area (Å²) in [5, 5.41) is 0.944. The topological polar surface area (TPSA) is 55.6 Å². The number of hydrogen-bond donors (Lipinski definition) is 1. The van der Waals surface area contributed by atoms with Crippen molar-refractivity contribution in [3.8, 4) is 0 Å². The summed E-state index contributed by atoms with van der Waals surface area (Å²) < 4.78 is 6.10. The van der Waals surface area contributed by atoms with Gasteiger partial charge in [-0.2, -0.15) is 0 Å². The van der Waals surface area contributed by atoms with Crippen molar-refractivity contribution < 1.29 is 9.53 Å². The standard InChI is InChI=1S/C16H20N2O2S/c1-4-7-18(8-9-20-3)16(19)15-14(17)12-6-5-11(2)10-13(12)21-15/h4-6,10H,1,7-9,17H2,2-3H3. The van der Waals surface area contributed by atoms with Gasteiger partial charge in [-0.15, -0.1) is 17.9 Å². The highest BCUT2D eigenvalue weighted by Crippen LogP contribution is 2.34. The maximum absolute atomic E-state index is 12.7. The van der Waals surface area contributed by atoms with E-state index in [1.807, 2.05) is 19.1 Å². The summed E-state index contributed by atoms with van der Waals surface area (Å²) in [7, 11) is 1.62. The highest BCUT2D eigenvalue weighted by molar-refractivity contribution is 7.21. The number of aryl methyl sites for hydroxylation is 1. The summed E-state index contributed by atoms with van der Waals surface area (Å²) in [6.45, 7) is 7.22. The molecule has 112 valence electrons. The Bertz CT molecular complexity index is 664. The fourth-order valence-corrected chi connectivity index (χ4v) is 3.35. The summed E-state index contributed by atoms with van der Waals surface area (Å²) in [5.74, 6) is -0.0664. The molecule has 2 rings (SSSR count). The van der Waals surface area contributed by atoms with Crippen LogP contribution >= 0.6 is 11.3 Å². The number of rotatable bonds is 6. The second-order valence-electron chi connectivity index (χ2n) is 4.88. The number of hydrogen-bond acceptors (Lipinski definition) is 4. The number of benzene rings is 1. The average molecular weight is 304 g/mol. The Kier molecular flexibility index (Phi) is 4.98. The molecule has 0 saturated heterocycles. The van der Waals surface area contributed by atoms with Gasteiger partial charge in [-0.1, -0.05) is 18.2 Å². The quantitative estimate of drug-likeness (QED) is 0.834. The molecule has 1 heterocycles. The van der Waals surface area contributed by atoms with Gasteiger partial charge in [0.05, 0.1) is 12.3 Å². The highest BCUT2D eigenvalue weighted by Gasteiger charge is 2.21. The first-order chi connectivity index (χ1) is 10.1. The van der Waals surface area contributed by atoms with E-state index in [4.69, 9.17) is 10.5 Å². The lowest BCUT2D eigenvalue weighted by Crippen LogP contribution is -2.33. The maximum Gasteiger partial charge on any atom is 0.266 e. The molecule has 2 aromatic rings. The molecule has 0 saturated carbocycles. The first-order valence-electron chi connectivity index (χ1n) is 6.76. The number of fused-ring (bicyclic) bond motifs is 1. The Hall–Kier alpha value is -1.85. The van der Waals surface area contributed by atoms with Crippen molar-refractivity contribution in [3.63, 3.8) is 0 Å². The summed E-state index contributed by atoms with van der Waals surface area (Å²) in [6.07, 6.45) is 1.71. The number of nitrogens with two attached hydrogens (primary N) is 1. The van der Waals surface area contributed by atoms with Gasteiger partial charge in [0.2, 0.25) is 0 Å². The van der Waals surface area contributed by atoms with Crippen molar-refractivity contribution in [1.82, 2.24) is 4.90 Å². The van der Waals surface area contributed by atoms with E-state index >= 15 is 0 Å². The molecule has 0 atom stereocenters. The second kappa shape index (κ2) is 6.74. The van der Waals surface area contributed by atoms with Gasteiger partial charge >= 0.3 is 0 Å². The van der Waals surface area contributed by atoms with Crippen LogP contribution in [0.15, 0.2) is 30.9 Å². The van der Waals surface area contributed by atoms with Gasteiger partial charge in [-0.05, 0) is 18.6 Å². The Balaban J connectivity index is 2.36. The van der Waals surface area contributed by atoms with Crippen molar-refractivity contribution in [2.45, 2.75) is 6.92 Å². The van der Waals surface area contributed by atoms with Crippen LogP contribution in [0.4, 0.5) is 5.69 Å². The van der Waals surface area contributed by atoms with E-state index < -0.39 is 0 Å². The number of anilines is 1. The third-order valence-electron chi connectivity index (χ3n) is 3.28. The molecule has 21 heavy (non-hydrogen) atoms. The number of carbonyl (C=O) groups is 1. The van der Waals surface area contributed by atoms with E-state index in [1.54, 1.807) is 18.1 Å². The zero-order valence-corrected chi connectivity index (χ0v) is 13.2. The van der Waals surface area contributed by atoms with Crippen LogP contribution in [0.2, 0.25) is 0 Å². The lowest BCUT2D eigenvalue weighted by Gasteiger charge is -2.20. The van der Waals surface area contributed by atoms with E-state index in [1.165, 1.54) is 11.3 Å².